The maximum absolute atomic E-state index is 6.02. The van der Waals surface area contributed by atoms with Crippen LogP contribution >= 0.6 is 11.6 Å². The minimum atomic E-state index is 0.0972. The van der Waals surface area contributed by atoms with Gasteiger partial charge in [0.1, 0.15) is 0 Å². The maximum atomic E-state index is 6.02. The highest BCUT2D eigenvalue weighted by atomic mass is 35.5. The van der Waals surface area contributed by atoms with Crippen LogP contribution in [0.4, 0.5) is 11.9 Å². The number of hydrogen-bond donors (Lipinski definition) is 2. The van der Waals surface area contributed by atoms with Crippen LogP contribution < -0.4 is 15.8 Å². The maximum Gasteiger partial charge on any atom is 0.278 e. The van der Waals surface area contributed by atoms with E-state index in [0.29, 0.717) is 18.5 Å². The molecular weight excluding hydrogens is 308 g/mol. The number of ether oxygens (including phenoxy) is 2. The number of anilines is 2. The summed E-state index contributed by atoms with van der Waals surface area (Å²) in [5, 5.41) is 5.37. The van der Waals surface area contributed by atoms with E-state index in [1.54, 1.807) is 0 Å². The molecule has 0 aromatic carbocycles. The van der Waals surface area contributed by atoms with E-state index in [1.165, 1.54) is 0 Å². The van der Waals surface area contributed by atoms with Crippen molar-refractivity contribution < 1.29 is 14.9 Å². The monoisotopic (exact) mass is 329 g/mol. The van der Waals surface area contributed by atoms with Crippen LogP contribution in [0.3, 0.4) is 0 Å². The van der Waals surface area contributed by atoms with Crippen LogP contribution in [0.5, 0.6) is 0 Å². The van der Waals surface area contributed by atoms with Gasteiger partial charge in [0.05, 0.1) is 25.7 Å². The summed E-state index contributed by atoms with van der Waals surface area (Å²) in [6, 6.07) is 0.0972. The van der Waals surface area contributed by atoms with Gasteiger partial charge in [-0.1, -0.05) is 6.92 Å². The second kappa shape index (κ2) is 6.91. The molecule has 2 bridgehead atoms. The predicted octanol–water partition coefficient (Wildman–Crippen LogP) is 0.165. The molecule has 0 saturated carbocycles. The van der Waals surface area contributed by atoms with Crippen LogP contribution in [-0.2, 0) is 9.47 Å². The second-order valence-electron chi connectivity index (χ2n) is 5.68. The van der Waals surface area contributed by atoms with Crippen molar-refractivity contribution in [1.29, 1.82) is 0 Å². The lowest BCUT2D eigenvalue weighted by molar-refractivity contribution is -0.777. The summed E-state index contributed by atoms with van der Waals surface area (Å²) >= 11 is 6.02. The highest BCUT2D eigenvalue weighted by molar-refractivity contribution is 6.28. The van der Waals surface area contributed by atoms with Crippen molar-refractivity contribution in [3.63, 3.8) is 0 Å². The zero-order valence-corrected chi connectivity index (χ0v) is 13.6. The minimum Gasteiger partial charge on any atom is -0.379 e. The summed E-state index contributed by atoms with van der Waals surface area (Å²) in [5.74, 6) is 1.03. The van der Waals surface area contributed by atoms with Gasteiger partial charge in [-0.05, 0) is 24.9 Å². The van der Waals surface area contributed by atoms with E-state index in [4.69, 9.17) is 21.1 Å². The van der Waals surface area contributed by atoms with E-state index < -0.39 is 0 Å². The Bertz CT molecular complexity index is 503. The van der Waals surface area contributed by atoms with E-state index in [2.05, 4.69) is 27.2 Å². The van der Waals surface area contributed by atoms with Gasteiger partial charge >= 0.3 is 0 Å². The Morgan fingerprint density at radius 3 is 3.00 bits per heavy atom. The number of nitrogens with one attached hydrogen (secondary N) is 1. The van der Waals surface area contributed by atoms with Gasteiger partial charge in [-0.3, -0.25) is 0 Å². The molecule has 0 spiro atoms. The number of rotatable bonds is 7. The molecule has 3 atom stereocenters. The van der Waals surface area contributed by atoms with Gasteiger partial charge in [0, 0.05) is 12.6 Å². The lowest BCUT2D eigenvalue weighted by atomic mass is 10.1. The number of quaternary nitrogens is 1. The molecule has 3 aliphatic rings. The third-order valence-electron chi connectivity index (χ3n) is 3.55. The van der Waals surface area contributed by atoms with Gasteiger partial charge in [-0.15, -0.1) is 0 Å². The lowest BCUT2D eigenvalue weighted by Gasteiger charge is -2.43. The van der Waals surface area contributed by atoms with Crippen molar-refractivity contribution in [2.75, 3.05) is 30.1 Å². The summed E-state index contributed by atoms with van der Waals surface area (Å²) in [5.41, 5.74) is 2.00. The Balaban J connectivity index is 1.62. The molecule has 1 aromatic rings. The average Bonchev–Trinajstić information content (AvgIpc) is 2.46. The van der Waals surface area contributed by atoms with Crippen LogP contribution in [0.15, 0.2) is 0 Å². The Morgan fingerprint density at radius 2 is 2.32 bits per heavy atom. The Morgan fingerprint density at radius 1 is 1.50 bits per heavy atom. The van der Waals surface area contributed by atoms with Gasteiger partial charge in [0.15, 0.2) is 0 Å². The summed E-state index contributed by atoms with van der Waals surface area (Å²) in [4.78, 5) is 12.8. The molecule has 1 aromatic heterocycles. The van der Waals surface area contributed by atoms with Gasteiger partial charge in [0.2, 0.25) is 17.5 Å². The van der Waals surface area contributed by atoms with Gasteiger partial charge < -0.3 is 14.8 Å². The predicted molar refractivity (Wildman–Crippen MR) is 81.6 cm³/mol. The average molecular weight is 330 g/mol. The number of nitrogens with zero attached hydrogens (tertiary/aromatic N) is 4. The zero-order chi connectivity index (χ0) is 15.5. The normalized spacial score (nSPS) is 24.8. The molecule has 0 amide bonds. The fourth-order valence-electron chi connectivity index (χ4n) is 2.54. The number of hydrogen-bond acceptors (Lipinski definition) is 7. The Labute approximate surface area is 134 Å². The highest BCUT2D eigenvalue weighted by Gasteiger charge is 2.43. The number of fused-ring (bicyclic) bond motifs is 2. The first-order valence-electron chi connectivity index (χ1n) is 7.67. The lowest BCUT2D eigenvalue weighted by Crippen LogP contribution is -3.06. The van der Waals surface area contributed by atoms with Crippen molar-refractivity contribution in [2.24, 2.45) is 0 Å². The molecular formula is C13H22ClN6O2+. The second-order valence-corrected chi connectivity index (χ2v) is 6.02. The molecule has 0 radical (unpaired) electrons. The first-order valence-corrected chi connectivity index (χ1v) is 8.04. The van der Waals surface area contributed by atoms with E-state index in [-0.39, 0.29) is 23.7 Å². The molecule has 3 fully saturated rings. The Kier molecular flexibility index (Phi) is 4.92. The zero-order valence-electron chi connectivity index (χ0n) is 12.8. The summed E-state index contributed by atoms with van der Waals surface area (Å²) in [7, 11) is 0. The van der Waals surface area contributed by atoms with Crippen molar-refractivity contribution in [2.45, 2.75) is 45.1 Å². The van der Waals surface area contributed by atoms with Crippen LogP contribution in [0.2, 0.25) is 5.28 Å². The molecule has 2 unspecified atom stereocenters. The van der Waals surface area contributed by atoms with Crippen LogP contribution in [0.1, 0.15) is 26.7 Å². The molecule has 3 saturated heterocycles. The molecule has 4 heterocycles. The molecule has 3 aliphatic heterocycles. The molecule has 0 aliphatic carbocycles. The summed E-state index contributed by atoms with van der Waals surface area (Å²) in [6.07, 6.45) is 2.52. The number of aromatic nitrogens is 3. The molecule has 22 heavy (non-hydrogen) atoms. The number of halogens is 1. The smallest absolute Gasteiger partial charge is 0.278 e. The van der Waals surface area contributed by atoms with Crippen LogP contribution in [0, 0.1) is 0 Å². The van der Waals surface area contributed by atoms with Crippen molar-refractivity contribution in [1.82, 2.24) is 15.0 Å². The fraction of sp³-hybridized carbons (Fsp3) is 0.769. The third-order valence-corrected chi connectivity index (χ3v) is 3.72. The molecule has 122 valence electrons. The van der Waals surface area contributed by atoms with Crippen LogP contribution in [-0.4, -0.2) is 53.1 Å². The van der Waals surface area contributed by atoms with E-state index in [9.17, 15) is 0 Å². The fourth-order valence-corrected chi connectivity index (χ4v) is 2.69. The van der Waals surface area contributed by atoms with Crippen molar-refractivity contribution >= 4 is 23.5 Å². The Hall–Kier alpha value is -1.22. The highest BCUT2D eigenvalue weighted by Crippen LogP contribution is 2.22. The first kappa shape index (κ1) is 15.7. The molecule has 9 heteroatoms. The van der Waals surface area contributed by atoms with E-state index in [0.717, 1.165) is 26.0 Å². The third kappa shape index (κ3) is 3.75. The SMILES string of the molecule is CCCOC[C@@H](C)Nc1nc(Cl)nc(N2CC3CC([NH2+]2)O3)n1. The van der Waals surface area contributed by atoms with Crippen LogP contribution in [0.25, 0.3) is 0 Å². The molecule has 3 N–H and O–H groups in total. The van der Waals surface area contributed by atoms with Gasteiger partial charge in [-0.25, -0.2) is 5.43 Å². The first-order chi connectivity index (χ1) is 10.6. The largest absolute Gasteiger partial charge is 0.379 e. The standard InChI is InChI=1S/C13H21ClN6O2/c1-3-4-21-7-8(2)15-12-16-11(14)17-13(18-12)20-6-9-5-10(19-20)22-9/h8-10,19H,3-7H2,1-2H3,(H,15,16,17,18)/p+1/t8-,9?,10?/m1/s1. The van der Waals surface area contributed by atoms with E-state index in [1.807, 2.05) is 17.4 Å². The van der Waals surface area contributed by atoms with Gasteiger partial charge in [0.25, 0.3) is 5.95 Å². The quantitative estimate of drug-likeness (QED) is 0.544. The molecule has 8 nitrogen and oxygen atoms in total. The van der Waals surface area contributed by atoms with Crippen molar-refractivity contribution in [3.8, 4) is 0 Å². The topological polar surface area (TPSA) is 89.0 Å². The summed E-state index contributed by atoms with van der Waals surface area (Å²) in [6.45, 7) is 6.20. The minimum absolute atomic E-state index is 0.0972. The number of nitrogens with two attached hydrogens (primary N) is 1. The molecule has 4 rings (SSSR count). The summed E-state index contributed by atoms with van der Waals surface area (Å²) < 4.78 is 11.1. The van der Waals surface area contributed by atoms with Gasteiger partial charge in [-0.2, -0.15) is 20.0 Å². The van der Waals surface area contributed by atoms with Crippen molar-refractivity contribution in [3.05, 3.63) is 5.28 Å². The van der Waals surface area contributed by atoms with E-state index >= 15 is 0 Å².